The Morgan fingerprint density at radius 2 is 1.96 bits per heavy atom. The van der Waals surface area contributed by atoms with Gasteiger partial charge in [-0.05, 0) is 42.1 Å². The fraction of sp³-hybridized carbons (Fsp3) is 0.286. The second kappa shape index (κ2) is 9.87. The molecule has 0 fully saturated rings. The summed E-state index contributed by atoms with van der Waals surface area (Å²) in [5.74, 6) is -0.640. The van der Waals surface area contributed by atoms with Gasteiger partial charge in [-0.15, -0.1) is 0 Å². The number of nitrogens with one attached hydrogen (secondary N) is 2. The van der Waals surface area contributed by atoms with E-state index in [1.54, 1.807) is 24.3 Å². The molecule has 7 nitrogen and oxygen atoms in total. The number of H-pyrrole nitrogens is 2. The SMILES string of the molecule is COC(C(=O)[O-])c1ccc(N(C)Cc2nc(=S)[nH]c(=S)[nH]2)cc1.[K+]. The molecule has 2 N–H and O–H groups in total. The number of carbonyl (C=O) groups is 1. The summed E-state index contributed by atoms with van der Waals surface area (Å²) in [4.78, 5) is 22.7. The molecule has 0 aliphatic rings. The number of aromatic amines is 2. The zero-order valence-electron chi connectivity index (χ0n) is 13.5. The van der Waals surface area contributed by atoms with Crippen LogP contribution < -0.4 is 61.4 Å². The van der Waals surface area contributed by atoms with E-state index >= 15 is 0 Å². The van der Waals surface area contributed by atoms with Crippen LogP contribution in [-0.4, -0.2) is 35.1 Å². The number of benzene rings is 1. The van der Waals surface area contributed by atoms with Crippen molar-refractivity contribution in [2.24, 2.45) is 0 Å². The molecular formula is C14H15KN4O3S2. The minimum atomic E-state index is -1.27. The molecule has 0 saturated carbocycles. The molecule has 122 valence electrons. The number of carboxylic acids is 1. The van der Waals surface area contributed by atoms with E-state index in [4.69, 9.17) is 29.2 Å². The van der Waals surface area contributed by atoms with Crippen molar-refractivity contribution in [3.8, 4) is 0 Å². The van der Waals surface area contributed by atoms with Gasteiger partial charge < -0.3 is 29.5 Å². The van der Waals surface area contributed by atoms with E-state index in [2.05, 4.69) is 15.0 Å². The van der Waals surface area contributed by atoms with Crippen molar-refractivity contribution in [2.75, 3.05) is 19.1 Å². The molecule has 0 radical (unpaired) electrons. The Kier molecular flexibility index (Phi) is 8.88. The zero-order chi connectivity index (χ0) is 17.0. The van der Waals surface area contributed by atoms with Crippen molar-refractivity contribution in [1.82, 2.24) is 15.0 Å². The number of aliphatic carboxylic acids is 1. The summed E-state index contributed by atoms with van der Waals surface area (Å²) in [5, 5.41) is 11.0. The predicted octanol–water partition coefficient (Wildman–Crippen LogP) is -1.73. The molecule has 0 aliphatic carbocycles. The number of methoxy groups -OCH3 is 1. The standard InChI is InChI=1S/C14H16N4O3S2.K/c1-18(7-10-15-13(22)17-14(23)16-10)9-5-3-8(4-6-9)11(21-2)12(19)20;/h3-6,11H,7H2,1-2H3,(H,19,20)(H2,15,16,17,22,23);/q;+1/p-1. The molecule has 1 atom stereocenters. The third kappa shape index (κ3) is 5.81. The molecule has 10 heteroatoms. The van der Waals surface area contributed by atoms with Gasteiger partial charge in [0.15, 0.2) is 4.77 Å². The molecule has 1 heterocycles. The smallest absolute Gasteiger partial charge is 0.547 e. The van der Waals surface area contributed by atoms with E-state index in [1.807, 2.05) is 11.9 Å². The first kappa shape index (κ1) is 21.6. The van der Waals surface area contributed by atoms with Crippen LogP contribution in [-0.2, 0) is 16.1 Å². The third-order valence-electron chi connectivity index (χ3n) is 3.19. The topological polar surface area (TPSA) is 97.1 Å². The number of aromatic nitrogens is 3. The van der Waals surface area contributed by atoms with Crippen LogP contribution in [0.4, 0.5) is 5.69 Å². The number of hydrogen-bond acceptors (Lipinski definition) is 7. The zero-order valence-corrected chi connectivity index (χ0v) is 18.3. The first-order valence-corrected chi connectivity index (χ1v) is 7.46. The molecule has 2 aromatic rings. The maximum absolute atomic E-state index is 11.0. The molecule has 0 amide bonds. The van der Waals surface area contributed by atoms with Gasteiger partial charge in [-0.3, -0.25) is 0 Å². The number of nitrogens with zero attached hydrogens (tertiary/aromatic N) is 2. The Morgan fingerprint density at radius 3 is 2.46 bits per heavy atom. The van der Waals surface area contributed by atoms with Gasteiger partial charge in [0.05, 0.1) is 12.5 Å². The summed E-state index contributed by atoms with van der Waals surface area (Å²) >= 11 is 10.0. The van der Waals surface area contributed by atoms with E-state index in [-0.39, 0.29) is 51.4 Å². The molecule has 1 unspecified atom stereocenters. The minimum absolute atomic E-state index is 0. The molecular weight excluding hydrogens is 375 g/mol. The molecule has 1 aromatic heterocycles. The van der Waals surface area contributed by atoms with Gasteiger partial charge in [0.1, 0.15) is 11.9 Å². The van der Waals surface area contributed by atoms with Crippen LogP contribution in [0.3, 0.4) is 0 Å². The van der Waals surface area contributed by atoms with E-state index in [1.165, 1.54) is 7.11 Å². The normalized spacial score (nSPS) is 11.4. The predicted molar refractivity (Wildman–Crippen MR) is 87.9 cm³/mol. The molecule has 0 aliphatic heterocycles. The quantitative estimate of drug-likeness (QED) is 0.447. The van der Waals surface area contributed by atoms with Crippen LogP contribution in [0.25, 0.3) is 0 Å². The van der Waals surface area contributed by atoms with Gasteiger partial charge in [-0.1, -0.05) is 12.1 Å². The molecule has 1 aromatic carbocycles. The Balaban J connectivity index is 0.00000288. The van der Waals surface area contributed by atoms with E-state index in [0.717, 1.165) is 5.69 Å². The fourth-order valence-corrected chi connectivity index (χ4v) is 2.59. The van der Waals surface area contributed by atoms with Gasteiger partial charge in [0.2, 0.25) is 4.77 Å². The van der Waals surface area contributed by atoms with Crippen molar-refractivity contribution < 1.29 is 66.0 Å². The molecule has 2 rings (SSSR count). The summed E-state index contributed by atoms with van der Waals surface area (Å²) in [5.41, 5.74) is 1.39. The van der Waals surface area contributed by atoms with Crippen molar-refractivity contribution >= 4 is 36.1 Å². The second-order valence-electron chi connectivity index (χ2n) is 4.83. The van der Waals surface area contributed by atoms with Gasteiger partial charge in [-0.25, -0.2) is 4.98 Å². The first-order valence-electron chi connectivity index (χ1n) is 6.65. The summed E-state index contributed by atoms with van der Waals surface area (Å²) in [6.07, 6.45) is -1.08. The Morgan fingerprint density at radius 1 is 1.33 bits per heavy atom. The van der Waals surface area contributed by atoms with Crippen LogP contribution in [0, 0.1) is 9.54 Å². The van der Waals surface area contributed by atoms with E-state index in [0.29, 0.717) is 27.5 Å². The summed E-state index contributed by atoms with van der Waals surface area (Å²) in [6.45, 7) is 0.468. The number of rotatable bonds is 6. The van der Waals surface area contributed by atoms with E-state index < -0.39 is 12.1 Å². The summed E-state index contributed by atoms with van der Waals surface area (Å²) < 4.78 is 5.64. The Labute approximate surface area is 191 Å². The van der Waals surface area contributed by atoms with Crippen LogP contribution in [0.1, 0.15) is 17.5 Å². The van der Waals surface area contributed by atoms with Gasteiger partial charge in [0, 0.05) is 19.8 Å². The van der Waals surface area contributed by atoms with Crippen molar-refractivity contribution in [1.29, 1.82) is 0 Å². The third-order valence-corrected chi connectivity index (χ3v) is 3.59. The molecule has 0 saturated heterocycles. The average molecular weight is 391 g/mol. The number of ether oxygens (including phenoxy) is 1. The summed E-state index contributed by atoms with van der Waals surface area (Å²) in [7, 11) is 3.20. The van der Waals surface area contributed by atoms with Gasteiger partial charge >= 0.3 is 51.4 Å². The van der Waals surface area contributed by atoms with Crippen LogP contribution >= 0.6 is 24.4 Å². The Bertz CT molecular complexity index is 778. The van der Waals surface area contributed by atoms with Crippen LogP contribution in [0.15, 0.2) is 24.3 Å². The molecule has 0 spiro atoms. The number of carbonyl (C=O) groups excluding carboxylic acids is 1. The van der Waals surface area contributed by atoms with Crippen LogP contribution in [0.2, 0.25) is 0 Å². The van der Waals surface area contributed by atoms with Crippen LogP contribution in [0.5, 0.6) is 0 Å². The first-order chi connectivity index (χ1) is 10.9. The van der Waals surface area contributed by atoms with Gasteiger partial charge in [0.25, 0.3) is 0 Å². The number of hydrogen-bond donors (Lipinski definition) is 2. The van der Waals surface area contributed by atoms with Crippen molar-refractivity contribution in [3.63, 3.8) is 0 Å². The largest absolute Gasteiger partial charge is 1.00 e. The Hall–Kier alpha value is -0.464. The monoisotopic (exact) mass is 390 g/mol. The fourth-order valence-electron chi connectivity index (χ4n) is 2.10. The maximum Gasteiger partial charge on any atom is 1.00 e. The second-order valence-corrected chi connectivity index (χ2v) is 5.62. The van der Waals surface area contributed by atoms with E-state index in [9.17, 15) is 9.90 Å². The summed E-state index contributed by atoms with van der Waals surface area (Å²) in [6, 6.07) is 6.95. The van der Waals surface area contributed by atoms with Crippen molar-refractivity contribution in [2.45, 2.75) is 12.6 Å². The average Bonchev–Trinajstić information content (AvgIpc) is 2.47. The van der Waals surface area contributed by atoms with Crippen molar-refractivity contribution in [3.05, 3.63) is 45.2 Å². The maximum atomic E-state index is 11.0. The molecule has 24 heavy (non-hydrogen) atoms. The van der Waals surface area contributed by atoms with Gasteiger partial charge in [-0.2, -0.15) is 0 Å². The number of anilines is 1. The molecule has 0 bridgehead atoms. The number of carboxylic acid groups (broad SMARTS) is 1. The minimum Gasteiger partial charge on any atom is -0.547 e.